The van der Waals surface area contributed by atoms with E-state index in [0.29, 0.717) is 24.9 Å². The second-order valence-electron chi connectivity index (χ2n) is 5.02. The van der Waals surface area contributed by atoms with Gasteiger partial charge in [0.25, 0.3) is 0 Å². The minimum Gasteiger partial charge on any atom is -0.485 e. The first-order chi connectivity index (χ1) is 9.72. The summed E-state index contributed by atoms with van der Waals surface area (Å²) in [6, 6.07) is 5.66. The van der Waals surface area contributed by atoms with Crippen LogP contribution in [0.1, 0.15) is 28.3 Å². The summed E-state index contributed by atoms with van der Waals surface area (Å²) in [6.07, 6.45) is 4.21. The fourth-order valence-corrected chi connectivity index (χ4v) is 2.72. The summed E-state index contributed by atoms with van der Waals surface area (Å²) in [7, 11) is 0. The van der Waals surface area contributed by atoms with Crippen LogP contribution in [0.4, 0.5) is 4.39 Å². The number of thiazole rings is 1. The third-order valence-electron chi connectivity index (χ3n) is 3.23. The molecule has 1 N–H and O–H groups in total. The summed E-state index contributed by atoms with van der Waals surface area (Å²) < 4.78 is 19.6. The molecule has 0 unspecified atom stereocenters. The summed E-state index contributed by atoms with van der Waals surface area (Å²) in [5, 5.41) is 4.38. The third kappa shape index (κ3) is 3.35. The van der Waals surface area contributed by atoms with Gasteiger partial charge in [-0.3, -0.25) is 0 Å². The van der Waals surface area contributed by atoms with Crippen molar-refractivity contribution in [2.24, 2.45) is 0 Å². The Morgan fingerprint density at radius 3 is 3.00 bits per heavy atom. The predicted molar refractivity (Wildman–Crippen MR) is 77.4 cm³/mol. The van der Waals surface area contributed by atoms with Gasteiger partial charge in [0, 0.05) is 24.3 Å². The first-order valence-corrected chi connectivity index (χ1v) is 7.59. The highest BCUT2D eigenvalue weighted by Gasteiger charge is 2.21. The van der Waals surface area contributed by atoms with E-state index in [2.05, 4.69) is 10.3 Å². The Kier molecular flexibility index (Phi) is 3.98. The maximum Gasteiger partial charge on any atom is 0.165 e. The fourth-order valence-electron chi connectivity index (χ4n) is 2.01. The molecule has 0 bridgehead atoms. The van der Waals surface area contributed by atoms with Crippen LogP contribution in [0.15, 0.2) is 24.4 Å². The van der Waals surface area contributed by atoms with Gasteiger partial charge in [-0.15, -0.1) is 11.3 Å². The lowest BCUT2D eigenvalue weighted by atomic mass is 10.2. The van der Waals surface area contributed by atoms with E-state index in [1.165, 1.54) is 18.9 Å². The zero-order valence-corrected chi connectivity index (χ0v) is 12.2. The summed E-state index contributed by atoms with van der Waals surface area (Å²) in [4.78, 5) is 5.18. The van der Waals surface area contributed by atoms with Gasteiger partial charge in [-0.05, 0) is 25.8 Å². The van der Waals surface area contributed by atoms with Crippen molar-refractivity contribution in [3.63, 3.8) is 0 Å². The van der Waals surface area contributed by atoms with Crippen LogP contribution in [-0.4, -0.2) is 11.0 Å². The Labute approximate surface area is 121 Å². The third-order valence-corrected chi connectivity index (χ3v) is 4.12. The number of aromatic nitrogens is 1. The average molecular weight is 292 g/mol. The Hall–Kier alpha value is -1.46. The number of aryl methyl sites for hydroxylation is 1. The zero-order valence-electron chi connectivity index (χ0n) is 11.4. The first kappa shape index (κ1) is 13.5. The molecular weight excluding hydrogens is 275 g/mol. The lowest BCUT2D eigenvalue weighted by Crippen LogP contribution is -2.16. The van der Waals surface area contributed by atoms with Crippen molar-refractivity contribution in [3.8, 4) is 5.75 Å². The summed E-state index contributed by atoms with van der Waals surface area (Å²) >= 11 is 1.57. The molecule has 1 saturated carbocycles. The van der Waals surface area contributed by atoms with Gasteiger partial charge in [0.2, 0.25) is 0 Å². The highest BCUT2D eigenvalue weighted by molar-refractivity contribution is 7.11. The number of nitrogens with one attached hydrogen (secondary N) is 1. The Bertz CT molecular complexity index is 595. The molecule has 0 aliphatic heterocycles. The molecule has 0 radical (unpaired) electrons. The van der Waals surface area contributed by atoms with E-state index in [1.54, 1.807) is 23.6 Å². The highest BCUT2D eigenvalue weighted by atomic mass is 32.1. The normalized spacial score (nSPS) is 14.5. The average Bonchev–Trinajstić information content (AvgIpc) is 3.17. The summed E-state index contributed by atoms with van der Waals surface area (Å²) in [5.41, 5.74) is 0.873. The van der Waals surface area contributed by atoms with Crippen molar-refractivity contribution in [1.29, 1.82) is 0 Å². The molecule has 1 aromatic carbocycles. The number of para-hydroxylation sites is 1. The first-order valence-electron chi connectivity index (χ1n) is 6.77. The molecule has 0 amide bonds. The minimum absolute atomic E-state index is 0.304. The molecule has 1 fully saturated rings. The zero-order chi connectivity index (χ0) is 13.9. The van der Waals surface area contributed by atoms with E-state index in [4.69, 9.17) is 4.74 Å². The van der Waals surface area contributed by atoms with Crippen LogP contribution in [0.25, 0.3) is 0 Å². The number of rotatable bonds is 6. The van der Waals surface area contributed by atoms with Crippen molar-refractivity contribution >= 4 is 11.3 Å². The van der Waals surface area contributed by atoms with Gasteiger partial charge >= 0.3 is 0 Å². The van der Waals surface area contributed by atoms with E-state index >= 15 is 0 Å². The summed E-state index contributed by atoms with van der Waals surface area (Å²) in [5.74, 6) is 0.0491. The molecule has 20 heavy (non-hydrogen) atoms. The van der Waals surface area contributed by atoms with Crippen LogP contribution in [-0.2, 0) is 13.2 Å². The SMILES string of the molecule is Cc1ncc(COc2c(F)cccc2CNC2CC2)s1. The molecule has 3 rings (SSSR count). The maximum atomic E-state index is 13.9. The number of ether oxygens (including phenoxy) is 1. The number of benzene rings is 1. The van der Waals surface area contributed by atoms with Crippen LogP contribution in [0.2, 0.25) is 0 Å². The van der Waals surface area contributed by atoms with Crippen LogP contribution in [0.5, 0.6) is 5.75 Å². The topological polar surface area (TPSA) is 34.1 Å². The van der Waals surface area contributed by atoms with Gasteiger partial charge in [0.1, 0.15) is 6.61 Å². The van der Waals surface area contributed by atoms with E-state index < -0.39 is 0 Å². The fraction of sp³-hybridized carbons (Fsp3) is 0.400. The maximum absolute atomic E-state index is 13.9. The molecule has 0 spiro atoms. The lowest BCUT2D eigenvalue weighted by molar-refractivity contribution is 0.289. The van der Waals surface area contributed by atoms with Gasteiger partial charge in [0.15, 0.2) is 11.6 Å². The van der Waals surface area contributed by atoms with Crippen molar-refractivity contribution in [2.45, 2.75) is 39.0 Å². The van der Waals surface area contributed by atoms with E-state index in [-0.39, 0.29) is 5.82 Å². The number of hydrogen-bond donors (Lipinski definition) is 1. The van der Waals surface area contributed by atoms with Crippen molar-refractivity contribution in [2.75, 3.05) is 0 Å². The van der Waals surface area contributed by atoms with Crippen LogP contribution in [0.3, 0.4) is 0 Å². The molecule has 1 heterocycles. The molecule has 0 saturated heterocycles. The van der Waals surface area contributed by atoms with Gasteiger partial charge < -0.3 is 10.1 Å². The molecule has 1 aliphatic rings. The number of nitrogens with zero attached hydrogens (tertiary/aromatic N) is 1. The van der Waals surface area contributed by atoms with Crippen molar-refractivity contribution in [3.05, 3.63) is 45.7 Å². The van der Waals surface area contributed by atoms with Gasteiger partial charge in [-0.2, -0.15) is 0 Å². The molecule has 106 valence electrons. The quantitative estimate of drug-likeness (QED) is 0.886. The predicted octanol–water partition coefficient (Wildman–Crippen LogP) is 3.42. The van der Waals surface area contributed by atoms with Gasteiger partial charge in [-0.1, -0.05) is 12.1 Å². The second-order valence-corrected chi connectivity index (χ2v) is 6.34. The standard InChI is InChI=1S/C15H17FN2OS/c1-10-17-8-13(20-10)9-19-15-11(3-2-4-14(15)16)7-18-12-5-6-12/h2-4,8,12,18H,5-7,9H2,1H3. The monoisotopic (exact) mass is 292 g/mol. The molecule has 5 heteroatoms. The van der Waals surface area contributed by atoms with Crippen LogP contribution < -0.4 is 10.1 Å². The highest BCUT2D eigenvalue weighted by Crippen LogP contribution is 2.26. The lowest BCUT2D eigenvalue weighted by Gasteiger charge is -2.12. The van der Waals surface area contributed by atoms with Gasteiger partial charge in [-0.25, -0.2) is 9.37 Å². The Balaban J connectivity index is 1.69. The molecule has 1 aromatic heterocycles. The largest absolute Gasteiger partial charge is 0.485 e. The minimum atomic E-state index is -0.304. The van der Waals surface area contributed by atoms with Crippen LogP contribution >= 0.6 is 11.3 Å². The smallest absolute Gasteiger partial charge is 0.165 e. The van der Waals surface area contributed by atoms with E-state index in [9.17, 15) is 4.39 Å². The van der Waals surface area contributed by atoms with E-state index in [1.807, 2.05) is 13.0 Å². The van der Waals surface area contributed by atoms with E-state index in [0.717, 1.165) is 15.4 Å². The Morgan fingerprint density at radius 1 is 1.45 bits per heavy atom. The molecule has 0 atom stereocenters. The number of halogens is 1. The molecule has 3 nitrogen and oxygen atoms in total. The van der Waals surface area contributed by atoms with Gasteiger partial charge in [0.05, 0.1) is 9.88 Å². The molecule has 2 aromatic rings. The number of hydrogen-bond acceptors (Lipinski definition) is 4. The second kappa shape index (κ2) is 5.89. The molecular formula is C15H17FN2OS. The van der Waals surface area contributed by atoms with Crippen LogP contribution in [0, 0.1) is 12.7 Å². The molecule has 1 aliphatic carbocycles. The van der Waals surface area contributed by atoms with Crippen molar-refractivity contribution in [1.82, 2.24) is 10.3 Å². The Morgan fingerprint density at radius 2 is 2.30 bits per heavy atom. The summed E-state index contributed by atoms with van der Waals surface area (Å²) in [6.45, 7) is 2.96. The van der Waals surface area contributed by atoms with Crippen molar-refractivity contribution < 1.29 is 9.13 Å².